The number of hydrogen-bond donors (Lipinski definition) is 2. The molecule has 0 spiro atoms. The van der Waals surface area contributed by atoms with Crippen LogP contribution >= 0.6 is 7.60 Å². The SMILES string of the molecule is CCc1c(OCc2ccccc2)ccc(P(=O)(O)O)c1CC. The predicted molar refractivity (Wildman–Crippen MR) is 87.7 cm³/mol. The molecule has 0 amide bonds. The van der Waals surface area contributed by atoms with Gasteiger partial charge in [-0.3, -0.25) is 4.57 Å². The van der Waals surface area contributed by atoms with Crippen molar-refractivity contribution in [3.05, 3.63) is 59.2 Å². The Morgan fingerprint density at radius 1 is 0.955 bits per heavy atom. The van der Waals surface area contributed by atoms with Gasteiger partial charge in [-0.05, 0) is 41.7 Å². The molecule has 0 radical (unpaired) electrons. The lowest BCUT2D eigenvalue weighted by molar-refractivity contribution is 0.303. The van der Waals surface area contributed by atoms with Gasteiger partial charge in [0.1, 0.15) is 12.4 Å². The summed E-state index contributed by atoms with van der Waals surface area (Å²) in [5.74, 6) is 0.695. The minimum absolute atomic E-state index is 0.110. The highest BCUT2D eigenvalue weighted by Gasteiger charge is 2.24. The Kier molecular flexibility index (Phi) is 5.41. The van der Waals surface area contributed by atoms with Crippen molar-refractivity contribution >= 4 is 12.9 Å². The van der Waals surface area contributed by atoms with Gasteiger partial charge in [0.2, 0.25) is 0 Å². The van der Waals surface area contributed by atoms with Gasteiger partial charge in [-0.1, -0.05) is 44.2 Å². The molecule has 2 rings (SSSR count). The number of ether oxygens (including phenoxy) is 1. The quantitative estimate of drug-likeness (QED) is 0.802. The van der Waals surface area contributed by atoms with E-state index in [9.17, 15) is 14.4 Å². The van der Waals surface area contributed by atoms with E-state index in [1.165, 1.54) is 6.07 Å². The molecule has 0 unspecified atom stereocenters. The molecule has 2 aromatic rings. The summed E-state index contributed by atoms with van der Waals surface area (Å²) in [6, 6.07) is 13.0. The van der Waals surface area contributed by atoms with Crippen molar-refractivity contribution in [3.8, 4) is 5.75 Å². The maximum Gasteiger partial charge on any atom is 0.356 e. The molecule has 0 aliphatic carbocycles. The van der Waals surface area contributed by atoms with Gasteiger partial charge >= 0.3 is 7.60 Å². The van der Waals surface area contributed by atoms with Crippen LogP contribution in [0.3, 0.4) is 0 Å². The fourth-order valence-electron chi connectivity index (χ4n) is 2.58. The van der Waals surface area contributed by atoms with E-state index in [2.05, 4.69) is 0 Å². The molecule has 22 heavy (non-hydrogen) atoms. The van der Waals surface area contributed by atoms with Crippen LogP contribution in [0.15, 0.2) is 42.5 Å². The Bertz CT molecular complexity index is 677. The first-order chi connectivity index (χ1) is 10.5. The van der Waals surface area contributed by atoms with Gasteiger partial charge in [0.05, 0.1) is 5.30 Å². The largest absolute Gasteiger partial charge is 0.489 e. The second-order valence-electron chi connectivity index (χ2n) is 5.07. The monoisotopic (exact) mass is 320 g/mol. The fourth-order valence-corrected chi connectivity index (χ4v) is 3.50. The van der Waals surface area contributed by atoms with E-state index in [0.717, 1.165) is 11.1 Å². The van der Waals surface area contributed by atoms with Gasteiger partial charge in [0.25, 0.3) is 0 Å². The lowest BCUT2D eigenvalue weighted by atomic mass is 10.0. The van der Waals surface area contributed by atoms with Crippen LogP contribution in [0.2, 0.25) is 0 Å². The molecular weight excluding hydrogens is 299 g/mol. The zero-order valence-electron chi connectivity index (χ0n) is 12.8. The van der Waals surface area contributed by atoms with Crippen LogP contribution in [0.25, 0.3) is 0 Å². The summed E-state index contributed by atoms with van der Waals surface area (Å²) in [5.41, 5.74) is 2.63. The van der Waals surface area contributed by atoms with Crippen LogP contribution in [-0.4, -0.2) is 9.79 Å². The summed E-state index contributed by atoms with van der Waals surface area (Å²) in [5, 5.41) is 0.110. The molecule has 0 aliphatic rings. The third-order valence-corrected chi connectivity index (χ3v) is 4.67. The maximum absolute atomic E-state index is 11.6. The number of hydrogen-bond acceptors (Lipinski definition) is 2. The summed E-state index contributed by atoms with van der Waals surface area (Å²) in [6.07, 6.45) is 1.23. The lowest BCUT2D eigenvalue weighted by Gasteiger charge is -2.18. The average molecular weight is 320 g/mol. The van der Waals surface area contributed by atoms with E-state index in [1.807, 2.05) is 44.2 Å². The first-order valence-corrected chi connectivity index (χ1v) is 8.96. The number of rotatable bonds is 6. The van der Waals surface area contributed by atoms with E-state index < -0.39 is 7.60 Å². The van der Waals surface area contributed by atoms with Crippen LogP contribution in [0, 0.1) is 0 Å². The Morgan fingerprint density at radius 3 is 2.14 bits per heavy atom. The van der Waals surface area contributed by atoms with Crippen molar-refractivity contribution in [3.63, 3.8) is 0 Å². The highest BCUT2D eigenvalue weighted by molar-refractivity contribution is 7.60. The second-order valence-corrected chi connectivity index (χ2v) is 6.64. The zero-order chi connectivity index (χ0) is 16.2. The Labute approximate surface area is 130 Å². The van der Waals surface area contributed by atoms with E-state index in [-0.39, 0.29) is 5.30 Å². The normalized spacial score (nSPS) is 11.5. The molecule has 0 fully saturated rings. The summed E-state index contributed by atoms with van der Waals surface area (Å²) >= 11 is 0. The molecule has 118 valence electrons. The molecule has 0 saturated heterocycles. The van der Waals surface area contributed by atoms with Crippen LogP contribution in [0.1, 0.15) is 30.5 Å². The summed E-state index contributed by atoms with van der Waals surface area (Å²) in [4.78, 5) is 19.0. The van der Waals surface area contributed by atoms with Crippen LogP contribution in [0.5, 0.6) is 5.75 Å². The van der Waals surface area contributed by atoms with Crippen molar-refractivity contribution in [1.29, 1.82) is 0 Å². The molecular formula is C17H21O4P. The van der Waals surface area contributed by atoms with Gasteiger partial charge in [0.15, 0.2) is 0 Å². The van der Waals surface area contributed by atoms with E-state index in [4.69, 9.17) is 4.74 Å². The molecule has 0 atom stereocenters. The number of benzene rings is 2. The molecule has 0 heterocycles. The third kappa shape index (κ3) is 3.77. The van der Waals surface area contributed by atoms with Crippen LogP contribution in [0.4, 0.5) is 0 Å². The van der Waals surface area contributed by atoms with Crippen LogP contribution < -0.4 is 10.0 Å². The summed E-state index contributed by atoms with van der Waals surface area (Å²) in [6.45, 7) is 4.30. The molecule has 4 nitrogen and oxygen atoms in total. The van der Waals surface area contributed by atoms with E-state index >= 15 is 0 Å². The smallest absolute Gasteiger partial charge is 0.356 e. The van der Waals surface area contributed by atoms with Gasteiger partial charge in [0, 0.05) is 0 Å². The molecule has 0 aromatic heterocycles. The second kappa shape index (κ2) is 7.10. The fraction of sp³-hybridized carbons (Fsp3) is 0.294. The summed E-state index contributed by atoms with van der Waals surface area (Å²) in [7, 11) is -4.26. The standard InChI is InChI=1S/C17H21O4P/c1-3-14-15(4-2)17(22(18,19)20)11-10-16(14)21-12-13-8-6-5-7-9-13/h5-11H,3-4,12H2,1-2H3,(H2,18,19,20). The molecule has 2 aromatic carbocycles. The Balaban J connectivity index is 2.34. The first kappa shape index (κ1) is 16.8. The first-order valence-electron chi connectivity index (χ1n) is 7.35. The van der Waals surface area contributed by atoms with E-state index in [1.54, 1.807) is 6.07 Å². The predicted octanol–water partition coefficient (Wildman–Crippen LogP) is 3.19. The summed E-state index contributed by atoms with van der Waals surface area (Å²) < 4.78 is 17.5. The topological polar surface area (TPSA) is 66.8 Å². The van der Waals surface area contributed by atoms with Crippen molar-refractivity contribution in [2.45, 2.75) is 33.3 Å². The van der Waals surface area contributed by atoms with Crippen LogP contribution in [-0.2, 0) is 24.0 Å². The van der Waals surface area contributed by atoms with Gasteiger partial charge in [-0.15, -0.1) is 0 Å². The molecule has 2 N–H and O–H groups in total. The molecule has 0 saturated carbocycles. The van der Waals surface area contributed by atoms with Gasteiger partial charge in [-0.2, -0.15) is 0 Å². The highest BCUT2D eigenvalue weighted by atomic mass is 31.2. The van der Waals surface area contributed by atoms with Crippen molar-refractivity contribution < 1.29 is 19.1 Å². The minimum atomic E-state index is -4.26. The van der Waals surface area contributed by atoms with Gasteiger partial charge in [-0.25, -0.2) is 0 Å². The third-order valence-electron chi connectivity index (χ3n) is 3.62. The Morgan fingerprint density at radius 2 is 1.59 bits per heavy atom. The molecule has 0 aliphatic heterocycles. The Hall–Kier alpha value is -1.61. The average Bonchev–Trinajstić information content (AvgIpc) is 2.51. The highest BCUT2D eigenvalue weighted by Crippen LogP contribution is 2.38. The van der Waals surface area contributed by atoms with Gasteiger partial charge < -0.3 is 14.5 Å². The zero-order valence-corrected chi connectivity index (χ0v) is 13.7. The van der Waals surface area contributed by atoms with Crippen molar-refractivity contribution in [1.82, 2.24) is 0 Å². The van der Waals surface area contributed by atoms with Crippen molar-refractivity contribution in [2.75, 3.05) is 0 Å². The van der Waals surface area contributed by atoms with Crippen molar-refractivity contribution in [2.24, 2.45) is 0 Å². The maximum atomic E-state index is 11.6. The lowest BCUT2D eigenvalue weighted by Crippen LogP contribution is -2.14. The molecule has 0 bridgehead atoms. The minimum Gasteiger partial charge on any atom is -0.489 e. The molecule has 5 heteroatoms. The van der Waals surface area contributed by atoms with E-state index in [0.29, 0.717) is 30.8 Å².